The van der Waals surface area contributed by atoms with Gasteiger partial charge in [0.05, 0.1) is 31.2 Å². The van der Waals surface area contributed by atoms with Crippen molar-refractivity contribution in [1.29, 1.82) is 5.26 Å². The molecular weight excluding hydrogens is 568 g/mol. The third kappa shape index (κ3) is 9.35. The zero-order chi connectivity index (χ0) is 32.2. The van der Waals surface area contributed by atoms with Crippen molar-refractivity contribution in [2.45, 2.75) is 69.5 Å². The molecule has 2 atom stereocenters. The van der Waals surface area contributed by atoms with E-state index in [1.54, 1.807) is 6.92 Å². The number of nitrogens with zero attached hydrogens (tertiary/aromatic N) is 3. The first-order valence-corrected chi connectivity index (χ1v) is 14.7. The third-order valence-corrected chi connectivity index (χ3v) is 8.29. The van der Waals surface area contributed by atoms with Gasteiger partial charge in [-0.1, -0.05) is 30.8 Å². The summed E-state index contributed by atoms with van der Waals surface area (Å²) < 4.78 is 32.1. The molecule has 4 rings (SSSR count). The van der Waals surface area contributed by atoms with Crippen molar-refractivity contribution in [2.75, 3.05) is 27.2 Å². The number of nitrogens with one attached hydrogen (secondary N) is 2. The van der Waals surface area contributed by atoms with Gasteiger partial charge in [0, 0.05) is 37.9 Å². The van der Waals surface area contributed by atoms with Crippen LogP contribution in [-0.2, 0) is 14.3 Å². The number of benzene rings is 2. The highest BCUT2D eigenvalue weighted by Crippen LogP contribution is 2.37. The molecule has 0 bridgehead atoms. The van der Waals surface area contributed by atoms with Crippen molar-refractivity contribution >= 4 is 18.4 Å². The van der Waals surface area contributed by atoms with Gasteiger partial charge in [-0.15, -0.1) is 0 Å². The Labute approximate surface area is 257 Å². The van der Waals surface area contributed by atoms with Crippen LogP contribution < -0.4 is 10.6 Å². The molecule has 2 unspecified atom stereocenters. The highest BCUT2D eigenvalue weighted by Gasteiger charge is 2.34. The van der Waals surface area contributed by atoms with Crippen molar-refractivity contribution < 1.29 is 27.9 Å². The summed E-state index contributed by atoms with van der Waals surface area (Å²) in [6.07, 6.45) is 5.38. The van der Waals surface area contributed by atoms with E-state index in [4.69, 9.17) is 4.74 Å². The number of carbonyl (C=O) groups is 3. The van der Waals surface area contributed by atoms with Crippen LogP contribution in [0.1, 0.15) is 74.1 Å². The Hall–Kier alpha value is -4.30. The van der Waals surface area contributed by atoms with Crippen LogP contribution in [0.25, 0.3) is 0 Å². The number of hydrogen-bond donors (Lipinski definition) is 2. The lowest BCUT2D eigenvalue weighted by atomic mass is 9.80. The number of hydrogen-bond acceptors (Lipinski definition) is 6. The van der Waals surface area contributed by atoms with Gasteiger partial charge in [0.1, 0.15) is 0 Å². The van der Waals surface area contributed by atoms with E-state index in [0.717, 1.165) is 68.5 Å². The van der Waals surface area contributed by atoms with E-state index in [9.17, 15) is 28.4 Å². The summed E-state index contributed by atoms with van der Waals surface area (Å²) in [5.74, 6) is -2.19. The molecule has 1 saturated carbocycles. The molecule has 0 aromatic heterocycles. The quantitative estimate of drug-likeness (QED) is 0.300. The summed E-state index contributed by atoms with van der Waals surface area (Å²) in [4.78, 5) is 38.4. The number of halogens is 2. The summed E-state index contributed by atoms with van der Waals surface area (Å²) >= 11 is 0. The fourth-order valence-corrected chi connectivity index (χ4v) is 5.90. The van der Waals surface area contributed by atoms with Crippen LogP contribution in [0.2, 0.25) is 0 Å². The number of carbonyl (C=O) groups excluding carboxylic acids is 3. The molecule has 44 heavy (non-hydrogen) atoms. The minimum atomic E-state index is -1.04. The van der Waals surface area contributed by atoms with E-state index in [1.807, 2.05) is 18.2 Å². The minimum Gasteiger partial charge on any atom is -0.469 e. The monoisotopic (exact) mass is 609 g/mol. The number of allylic oxidation sites excluding steroid dienone is 1. The molecule has 11 heteroatoms. The highest BCUT2D eigenvalue weighted by atomic mass is 19.2. The maximum Gasteiger partial charge on any atom is 0.317 e. The standard InChI is InChI=1S/C29H34F2N4O3.C4H7NO/c1-34(27(16-28(36)38-2)20-9-12-25(30)26(31)15-20)29(37)33-22-13-14-35(18-22)23-10-7-19(8-11-23)24-6-4-3-5-21(24)17-32;1-4(2)5-3-6/h3-6,9,12,15,19,22-23,27H,7-8,10-11,13-14,16,18H2,1-2H3,(H,33,37);3H,1H2,2H3,(H,5,6). The van der Waals surface area contributed by atoms with Crippen molar-refractivity contribution in [3.05, 3.63) is 83.1 Å². The number of esters is 1. The van der Waals surface area contributed by atoms with Gasteiger partial charge >= 0.3 is 12.0 Å². The van der Waals surface area contributed by atoms with E-state index >= 15 is 0 Å². The summed E-state index contributed by atoms with van der Waals surface area (Å²) in [5, 5.41) is 14.8. The third-order valence-electron chi connectivity index (χ3n) is 8.29. The Morgan fingerprint density at radius 3 is 2.45 bits per heavy atom. The van der Waals surface area contributed by atoms with Gasteiger partial charge in [-0.3, -0.25) is 14.5 Å². The van der Waals surface area contributed by atoms with E-state index in [2.05, 4.69) is 34.2 Å². The number of amides is 3. The lowest BCUT2D eigenvalue weighted by Crippen LogP contribution is -2.46. The first-order chi connectivity index (χ1) is 21.1. The van der Waals surface area contributed by atoms with Gasteiger partial charge < -0.3 is 20.3 Å². The Morgan fingerprint density at radius 2 is 1.86 bits per heavy atom. The zero-order valence-corrected chi connectivity index (χ0v) is 25.5. The second-order valence-corrected chi connectivity index (χ2v) is 11.3. The number of nitriles is 1. The Kier molecular flexibility index (Phi) is 12.8. The van der Waals surface area contributed by atoms with E-state index in [-0.39, 0.29) is 18.5 Å². The maximum atomic E-state index is 13.9. The topological polar surface area (TPSA) is 115 Å². The number of rotatable bonds is 9. The number of likely N-dealkylation sites (tertiary alicyclic amines) is 1. The molecule has 2 aliphatic rings. The second kappa shape index (κ2) is 16.5. The Morgan fingerprint density at radius 1 is 1.16 bits per heavy atom. The van der Waals surface area contributed by atoms with Gasteiger partial charge in [0.15, 0.2) is 11.6 Å². The number of methoxy groups -OCH3 is 1. The summed E-state index contributed by atoms with van der Waals surface area (Å²) in [7, 11) is 2.78. The van der Waals surface area contributed by atoms with E-state index in [0.29, 0.717) is 29.6 Å². The molecule has 0 radical (unpaired) electrons. The molecule has 2 aromatic rings. The fraction of sp³-hybridized carbons (Fsp3) is 0.455. The Balaban J connectivity index is 0.000000801. The van der Waals surface area contributed by atoms with Crippen LogP contribution in [0, 0.1) is 23.0 Å². The predicted molar refractivity (Wildman–Crippen MR) is 162 cm³/mol. The van der Waals surface area contributed by atoms with Gasteiger partial charge in [0.25, 0.3) is 0 Å². The van der Waals surface area contributed by atoms with Crippen LogP contribution in [-0.4, -0.2) is 67.5 Å². The zero-order valence-electron chi connectivity index (χ0n) is 25.5. The molecule has 9 nitrogen and oxygen atoms in total. The molecule has 2 aromatic carbocycles. The minimum absolute atomic E-state index is 0.0503. The smallest absolute Gasteiger partial charge is 0.317 e. The molecule has 1 aliphatic heterocycles. The summed E-state index contributed by atoms with van der Waals surface area (Å²) in [5.41, 5.74) is 2.89. The first kappa shape index (κ1) is 34.2. The second-order valence-electron chi connectivity index (χ2n) is 11.3. The van der Waals surface area contributed by atoms with Gasteiger partial charge in [0.2, 0.25) is 6.41 Å². The van der Waals surface area contributed by atoms with Crippen LogP contribution in [0.4, 0.5) is 13.6 Å². The van der Waals surface area contributed by atoms with Gasteiger partial charge in [-0.2, -0.15) is 5.26 Å². The fourth-order valence-electron chi connectivity index (χ4n) is 5.90. The molecular formula is C33H41F2N5O4. The largest absolute Gasteiger partial charge is 0.469 e. The SMILES string of the molecule is C=C(C)NC=O.COC(=O)CC(c1ccc(F)c(F)c1)N(C)C(=O)NC1CCN(C2CCC(c3ccccc3C#N)CC2)C1. The van der Waals surface area contributed by atoms with E-state index < -0.39 is 23.6 Å². The van der Waals surface area contributed by atoms with Crippen molar-refractivity contribution in [2.24, 2.45) is 0 Å². The van der Waals surface area contributed by atoms with Gasteiger partial charge in [-0.05, 0) is 74.3 Å². The number of ether oxygens (including phenoxy) is 1. The van der Waals surface area contributed by atoms with Crippen LogP contribution in [0.5, 0.6) is 0 Å². The molecule has 3 amide bonds. The van der Waals surface area contributed by atoms with Crippen LogP contribution in [0.3, 0.4) is 0 Å². The molecule has 0 spiro atoms. The lowest BCUT2D eigenvalue weighted by molar-refractivity contribution is -0.141. The highest BCUT2D eigenvalue weighted by molar-refractivity contribution is 5.77. The average Bonchev–Trinajstić information content (AvgIpc) is 3.49. The number of urea groups is 1. The molecule has 236 valence electrons. The molecule has 1 saturated heterocycles. The van der Waals surface area contributed by atoms with Gasteiger partial charge in [-0.25, -0.2) is 13.6 Å². The lowest BCUT2D eigenvalue weighted by Gasteiger charge is -2.35. The van der Waals surface area contributed by atoms with Crippen molar-refractivity contribution in [1.82, 2.24) is 20.4 Å². The average molecular weight is 610 g/mol. The normalized spacial score (nSPS) is 20.2. The van der Waals surface area contributed by atoms with Crippen molar-refractivity contribution in [3.63, 3.8) is 0 Å². The predicted octanol–water partition coefficient (Wildman–Crippen LogP) is 5.15. The van der Waals surface area contributed by atoms with Crippen LogP contribution >= 0.6 is 0 Å². The Bertz CT molecular complexity index is 1360. The van der Waals surface area contributed by atoms with E-state index in [1.165, 1.54) is 25.1 Å². The molecule has 2 N–H and O–H groups in total. The molecule has 1 heterocycles. The van der Waals surface area contributed by atoms with Crippen LogP contribution in [0.15, 0.2) is 54.7 Å². The first-order valence-electron chi connectivity index (χ1n) is 14.7. The molecule has 2 fully saturated rings. The molecule has 1 aliphatic carbocycles. The summed E-state index contributed by atoms with van der Waals surface area (Å²) in [6, 6.07) is 12.7. The summed E-state index contributed by atoms with van der Waals surface area (Å²) in [6.45, 7) is 6.73. The maximum absolute atomic E-state index is 13.9. The van der Waals surface area contributed by atoms with Crippen molar-refractivity contribution in [3.8, 4) is 6.07 Å².